The predicted molar refractivity (Wildman–Crippen MR) is 139 cm³/mol. The molecule has 36 heavy (non-hydrogen) atoms. The number of hydrogen-bond donors (Lipinski definition) is 0. The standard InChI is InChI=1S/C29H29ClF2N2O2/c1-29(2,20-9-15-25(35-3)26(17-20)36-4)27-18-33-28(34(27)22-12-10-21(31)11-13-22)7-5-6-19-8-14-23(30)24(32)16-19/h8-18H,5-7H2,1-4H3. The van der Waals surface area contributed by atoms with Crippen LogP contribution in [0.15, 0.2) is 66.9 Å². The van der Waals surface area contributed by atoms with E-state index in [1.165, 1.54) is 18.2 Å². The minimum atomic E-state index is -0.460. The third-order valence-corrected chi connectivity index (χ3v) is 6.82. The zero-order valence-electron chi connectivity index (χ0n) is 20.8. The Kier molecular flexibility index (Phi) is 7.65. The van der Waals surface area contributed by atoms with E-state index in [0.29, 0.717) is 24.3 Å². The third kappa shape index (κ3) is 5.24. The Labute approximate surface area is 215 Å². The van der Waals surface area contributed by atoms with Crippen molar-refractivity contribution in [2.75, 3.05) is 14.2 Å². The van der Waals surface area contributed by atoms with Crippen molar-refractivity contribution < 1.29 is 18.3 Å². The molecule has 1 heterocycles. The average Bonchev–Trinajstić information content (AvgIpc) is 3.31. The van der Waals surface area contributed by atoms with Gasteiger partial charge in [0.25, 0.3) is 0 Å². The van der Waals surface area contributed by atoms with Gasteiger partial charge in [-0.15, -0.1) is 0 Å². The van der Waals surface area contributed by atoms with Crippen molar-refractivity contribution in [3.63, 3.8) is 0 Å². The fourth-order valence-electron chi connectivity index (χ4n) is 4.40. The molecule has 0 unspecified atom stereocenters. The van der Waals surface area contributed by atoms with Gasteiger partial charge >= 0.3 is 0 Å². The highest BCUT2D eigenvalue weighted by atomic mass is 35.5. The van der Waals surface area contributed by atoms with Crippen molar-refractivity contribution in [1.82, 2.24) is 9.55 Å². The van der Waals surface area contributed by atoms with Crippen molar-refractivity contribution in [3.8, 4) is 17.2 Å². The summed E-state index contributed by atoms with van der Waals surface area (Å²) in [5.41, 5.74) is 3.21. The second-order valence-electron chi connectivity index (χ2n) is 9.17. The largest absolute Gasteiger partial charge is 0.493 e. The van der Waals surface area contributed by atoms with E-state index in [4.69, 9.17) is 26.1 Å². The molecule has 0 N–H and O–H groups in total. The molecule has 3 aromatic carbocycles. The van der Waals surface area contributed by atoms with E-state index in [0.717, 1.165) is 34.8 Å². The van der Waals surface area contributed by atoms with Crippen molar-refractivity contribution in [2.24, 2.45) is 0 Å². The monoisotopic (exact) mass is 510 g/mol. The topological polar surface area (TPSA) is 36.3 Å². The van der Waals surface area contributed by atoms with Gasteiger partial charge in [0.1, 0.15) is 17.5 Å². The van der Waals surface area contributed by atoms with Gasteiger partial charge in [-0.3, -0.25) is 4.57 Å². The summed E-state index contributed by atoms with van der Waals surface area (Å²) in [5, 5.41) is 0.118. The van der Waals surface area contributed by atoms with Gasteiger partial charge in [-0.2, -0.15) is 0 Å². The normalized spacial score (nSPS) is 11.5. The zero-order valence-corrected chi connectivity index (χ0v) is 21.6. The van der Waals surface area contributed by atoms with Crippen molar-refractivity contribution >= 4 is 11.6 Å². The van der Waals surface area contributed by atoms with Crippen molar-refractivity contribution in [2.45, 2.75) is 38.5 Å². The quantitative estimate of drug-likeness (QED) is 0.236. The fourth-order valence-corrected chi connectivity index (χ4v) is 4.52. The van der Waals surface area contributed by atoms with E-state index in [1.54, 1.807) is 32.4 Å². The van der Waals surface area contributed by atoms with E-state index in [9.17, 15) is 8.78 Å². The molecule has 0 spiro atoms. The van der Waals surface area contributed by atoms with Gasteiger partial charge in [0, 0.05) is 23.7 Å². The Balaban J connectivity index is 1.70. The average molecular weight is 511 g/mol. The minimum Gasteiger partial charge on any atom is -0.493 e. The fraction of sp³-hybridized carbons (Fsp3) is 0.276. The van der Waals surface area contributed by atoms with Crippen LogP contribution >= 0.6 is 11.6 Å². The van der Waals surface area contributed by atoms with Gasteiger partial charge in [-0.05, 0) is 72.5 Å². The lowest BCUT2D eigenvalue weighted by Gasteiger charge is -2.28. The number of methoxy groups -OCH3 is 2. The number of ether oxygens (including phenoxy) is 2. The third-order valence-electron chi connectivity index (χ3n) is 6.52. The summed E-state index contributed by atoms with van der Waals surface area (Å²) in [6.07, 6.45) is 3.97. The molecule has 0 aliphatic heterocycles. The van der Waals surface area contributed by atoms with Crippen LogP contribution in [0.3, 0.4) is 0 Å². The van der Waals surface area contributed by atoms with E-state index in [-0.39, 0.29) is 10.8 Å². The van der Waals surface area contributed by atoms with E-state index in [2.05, 4.69) is 18.4 Å². The Bertz CT molecular complexity index is 1350. The lowest BCUT2D eigenvalue weighted by molar-refractivity contribution is 0.353. The number of nitrogens with zero attached hydrogens (tertiary/aromatic N) is 2. The Morgan fingerprint density at radius 3 is 2.28 bits per heavy atom. The minimum absolute atomic E-state index is 0.118. The summed E-state index contributed by atoms with van der Waals surface area (Å²) in [6.45, 7) is 4.23. The van der Waals surface area contributed by atoms with Crippen LogP contribution in [0.25, 0.3) is 5.69 Å². The van der Waals surface area contributed by atoms with E-state index >= 15 is 0 Å². The first-order valence-corrected chi connectivity index (χ1v) is 12.1. The van der Waals surface area contributed by atoms with Gasteiger partial charge in [0.05, 0.1) is 24.9 Å². The van der Waals surface area contributed by atoms with Crippen LogP contribution < -0.4 is 9.47 Å². The molecular formula is C29H29ClF2N2O2. The highest BCUT2D eigenvalue weighted by Crippen LogP contribution is 2.38. The molecule has 0 aliphatic carbocycles. The molecule has 0 atom stereocenters. The Morgan fingerprint density at radius 1 is 0.889 bits per heavy atom. The van der Waals surface area contributed by atoms with Crippen LogP contribution in [-0.2, 0) is 18.3 Å². The first kappa shape index (κ1) is 25.7. The van der Waals surface area contributed by atoms with Gasteiger partial charge in [0.2, 0.25) is 0 Å². The number of aryl methyl sites for hydroxylation is 2. The number of halogens is 3. The predicted octanol–water partition coefficient (Wildman–Crippen LogP) is 7.32. The molecule has 1 aromatic heterocycles. The van der Waals surface area contributed by atoms with Crippen LogP contribution in [0.5, 0.6) is 11.5 Å². The van der Waals surface area contributed by atoms with Crippen molar-refractivity contribution in [3.05, 3.63) is 106 Å². The first-order valence-electron chi connectivity index (χ1n) is 11.7. The molecule has 0 bridgehead atoms. The van der Waals surface area contributed by atoms with Gasteiger partial charge in [0.15, 0.2) is 11.5 Å². The maximum absolute atomic E-state index is 13.8. The van der Waals surface area contributed by atoms with Crippen LogP contribution in [0.2, 0.25) is 5.02 Å². The molecule has 0 radical (unpaired) electrons. The molecule has 0 fully saturated rings. The number of rotatable bonds is 9. The smallest absolute Gasteiger partial charge is 0.161 e. The number of aromatic nitrogens is 2. The molecular weight excluding hydrogens is 482 g/mol. The molecule has 0 saturated heterocycles. The Morgan fingerprint density at radius 2 is 1.61 bits per heavy atom. The summed E-state index contributed by atoms with van der Waals surface area (Å²) < 4.78 is 40.6. The molecule has 4 rings (SSSR count). The van der Waals surface area contributed by atoms with Gasteiger partial charge < -0.3 is 9.47 Å². The molecule has 0 aliphatic rings. The summed E-state index contributed by atoms with van der Waals surface area (Å²) in [4.78, 5) is 4.76. The highest BCUT2D eigenvalue weighted by Gasteiger charge is 2.30. The second-order valence-corrected chi connectivity index (χ2v) is 9.58. The number of benzene rings is 3. The summed E-state index contributed by atoms with van der Waals surface area (Å²) in [6, 6.07) is 17.2. The van der Waals surface area contributed by atoms with Crippen LogP contribution in [0, 0.1) is 11.6 Å². The molecule has 7 heteroatoms. The summed E-state index contributed by atoms with van der Waals surface area (Å²) in [7, 11) is 3.22. The lowest BCUT2D eigenvalue weighted by atomic mass is 9.81. The molecule has 4 aromatic rings. The summed E-state index contributed by atoms with van der Waals surface area (Å²) in [5.74, 6) is 1.43. The maximum Gasteiger partial charge on any atom is 0.161 e. The highest BCUT2D eigenvalue weighted by molar-refractivity contribution is 6.30. The number of imidazole rings is 1. The van der Waals surface area contributed by atoms with Crippen LogP contribution in [0.1, 0.15) is 42.9 Å². The van der Waals surface area contributed by atoms with Gasteiger partial charge in [-0.25, -0.2) is 13.8 Å². The molecule has 4 nitrogen and oxygen atoms in total. The lowest BCUT2D eigenvalue weighted by Crippen LogP contribution is -2.23. The van der Waals surface area contributed by atoms with E-state index in [1.807, 2.05) is 30.5 Å². The van der Waals surface area contributed by atoms with E-state index < -0.39 is 11.2 Å². The van der Waals surface area contributed by atoms with Gasteiger partial charge in [-0.1, -0.05) is 37.6 Å². The molecule has 188 valence electrons. The van der Waals surface area contributed by atoms with Crippen LogP contribution in [0.4, 0.5) is 8.78 Å². The molecule has 0 saturated carbocycles. The van der Waals surface area contributed by atoms with Crippen molar-refractivity contribution in [1.29, 1.82) is 0 Å². The first-order chi connectivity index (χ1) is 17.2. The maximum atomic E-state index is 13.8. The zero-order chi connectivity index (χ0) is 25.9. The molecule has 0 amide bonds. The summed E-state index contributed by atoms with van der Waals surface area (Å²) >= 11 is 5.81. The second kappa shape index (κ2) is 10.7. The Hall–Kier alpha value is -3.38. The SMILES string of the molecule is COc1ccc(C(C)(C)c2cnc(CCCc3ccc(Cl)c(F)c3)n2-c2ccc(F)cc2)cc1OC. The number of hydrogen-bond acceptors (Lipinski definition) is 3. The van der Waals surface area contributed by atoms with Crippen LogP contribution in [-0.4, -0.2) is 23.8 Å².